The van der Waals surface area contributed by atoms with E-state index < -0.39 is 11.8 Å². The average molecular weight is 308 g/mol. The first-order valence-electron chi connectivity index (χ1n) is 6.44. The van der Waals surface area contributed by atoms with E-state index in [1.165, 1.54) is 18.2 Å². The van der Waals surface area contributed by atoms with E-state index in [4.69, 9.17) is 16.7 Å². The van der Waals surface area contributed by atoms with Gasteiger partial charge in [0.25, 0.3) is 0 Å². The molecule has 0 saturated heterocycles. The summed E-state index contributed by atoms with van der Waals surface area (Å²) in [5, 5.41) is 12.3. The summed E-state index contributed by atoms with van der Waals surface area (Å²) in [5.74, 6) is -1.42. The summed E-state index contributed by atoms with van der Waals surface area (Å²) in [7, 11) is 0. The quantitative estimate of drug-likeness (QED) is 0.863. The molecule has 3 nitrogen and oxygen atoms in total. The fraction of sp³-hybridized carbons (Fsp3) is 0.188. The summed E-state index contributed by atoms with van der Waals surface area (Å²) in [6.45, 7) is 3.72. The van der Waals surface area contributed by atoms with Gasteiger partial charge < -0.3 is 10.4 Å². The van der Waals surface area contributed by atoms with Crippen LogP contribution in [0.25, 0.3) is 0 Å². The molecule has 2 N–H and O–H groups in total. The van der Waals surface area contributed by atoms with Gasteiger partial charge in [0.1, 0.15) is 5.82 Å². The van der Waals surface area contributed by atoms with Gasteiger partial charge in [0.05, 0.1) is 10.6 Å². The molecule has 5 heteroatoms. The molecular weight excluding hydrogens is 293 g/mol. The van der Waals surface area contributed by atoms with E-state index in [9.17, 15) is 9.18 Å². The third-order valence-corrected chi connectivity index (χ3v) is 3.60. The lowest BCUT2D eigenvalue weighted by Crippen LogP contribution is -2.08. The minimum absolute atomic E-state index is 0.0907. The molecule has 0 aliphatic rings. The lowest BCUT2D eigenvalue weighted by Gasteiger charge is -2.18. The van der Waals surface area contributed by atoms with Crippen molar-refractivity contribution in [3.05, 3.63) is 63.9 Å². The molecule has 0 amide bonds. The maximum absolute atomic E-state index is 13.5. The first kappa shape index (κ1) is 15.3. The van der Waals surface area contributed by atoms with Crippen molar-refractivity contribution in [2.45, 2.75) is 19.9 Å². The molecule has 0 aliphatic carbocycles. The zero-order valence-corrected chi connectivity index (χ0v) is 12.4. The van der Waals surface area contributed by atoms with Crippen LogP contribution in [0.15, 0.2) is 36.4 Å². The second kappa shape index (κ2) is 6.14. The molecule has 0 radical (unpaired) electrons. The minimum atomic E-state index is -0.961. The van der Waals surface area contributed by atoms with Gasteiger partial charge in [-0.3, -0.25) is 0 Å². The van der Waals surface area contributed by atoms with E-state index in [0.29, 0.717) is 0 Å². The van der Waals surface area contributed by atoms with E-state index in [1.807, 2.05) is 13.8 Å². The molecule has 2 aromatic rings. The van der Waals surface area contributed by atoms with Crippen molar-refractivity contribution < 1.29 is 14.3 Å². The van der Waals surface area contributed by atoms with Crippen LogP contribution < -0.4 is 5.32 Å². The minimum Gasteiger partial charge on any atom is -0.478 e. The first-order chi connectivity index (χ1) is 9.88. The monoisotopic (exact) mass is 307 g/mol. The van der Waals surface area contributed by atoms with Gasteiger partial charge in [0, 0.05) is 11.7 Å². The van der Waals surface area contributed by atoms with Crippen LogP contribution in [0.1, 0.15) is 34.5 Å². The number of hydrogen-bond donors (Lipinski definition) is 2. The van der Waals surface area contributed by atoms with Gasteiger partial charge in [0.2, 0.25) is 0 Å². The molecule has 110 valence electrons. The fourth-order valence-corrected chi connectivity index (χ4v) is 2.17. The number of nitrogens with one attached hydrogen (secondary N) is 1. The van der Waals surface area contributed by atoms with Crippen molar-refractivity contribution >= 4 is 23.3 Å². The Kier molecular flexibility index (Phi) is 4.48. The van der Waals surface area contributed by atoms with E-state index in [2.05, 4.69) is 5.32 Å². The normalized spacial score (nSPS) is 12.0. The predicted octanol–water partition coefficient (Wildman–Crippen LogP) is 4.66. The number of carbonyl (C=O) groups is 1. The van der Waals surface area contributed by atoms with Gasteiger partial charge in [-0.1, -0.05) is 17.7 Å². The Morgan fingerprint density at radius 2 is 2.00 bits per heavy atom. The Morgan fingerprint density at radius 3 is 2.57 bits per heavy atom. The first-order valence-corrected chi connectivity index (χ1v) is 6.81. The summed E-state index contributed by atoms with van der Waals surface area (Å²) in [6.07, 6.45) is 0. The van der Waals surface area contributed by atoms with Crippen molar-refractivity contribution in [3.63, 3.8) is 0 Å². The highest BCUT2D eigenvalue weighted by molar-refractivity contribution is 6.30. The number of aromatic carboxylic acids is 1. The molecule has 0 aliphatic heterocycles. The molecule has 0 heterocycles. The molecule has 1 unspecified atom stereocenters. The van der Waals surface area contributed by atoms with E-state index in [0.717, 1.165) is 16.8 Å². The highest BCUT2D eigenvalue weighted by Gasteiger charge is 2.11. The standard InChI is InChI=1S/C16H15ClFNO2/c1-9-7-12(16(20)21)4-6-15(9)19-10(2)11-3-5-13(17)14(18)8-11/h3-8,10,19H,1-2H3,(H,20,21). The second-order valence-corrected chi connectivity index (χ2v) is 5.28. The van der Waals surface area contributed by atoms with Crippen LogP contribution in [0.4, 0.5) is 10.1 Å². The zero-order valence-electron chi connectivity index (χ0n) is 11.7. The van der Waals surface area contributed by atoms with Crippen LogP contribution in [-0.4, -0.2) is 11.1 Å². The number of carboxylic acid groups (broad SMARTS) is 1. The predicted molar refractivity (Wildman–Crippen MR) is 81.6 cm³/mol. The highest BCUT2D eigenvalue weighted by Crippen LogP contribution is 2.25. The molecular formula is C16H15ClFNO2. The summed E-state index contributed by atoms with van der Waals surface area (Å²) in [4.78, 5) is 10.9. The molecule has 0 saturated carbocycles. The Hall–Kier alpha value is -2.07. The number of aryl methyl sites for hydroxylation is 1. The molecule has 0 fully saturated rings. The summed E-state index contributed by atoms with van der Waals surface area (Å²) >= 11 is 5.67. The number of hydrogen-bond acceptors (Lipinski definition) is 2. The number of halogens is 2. The van der Waals surface area contributed by atoms with Crippen LogP contribution in [0.5, 0.6) is 0 Å². The van der Waals surface area contributed by atoms with Crippen LogP contribution in [-0.2, 0) is 0 Å². The van der Waals surface area contributed by atoms with Gasteiger partial charge in [-0.05, 0) is 55.3 Å². The second-order valence-electron chi connectivity index (χ2n) is 4.87. The Morgan fingerprint density at radius 1 is 1.29 bits per heavy atom. The van der Waals surface area contributed by atoms with Crippen molar-refractivity contribution in [2.24, 2.45) is 0 Å². The van der Waals surface area contributed by atoms with Gasteiger partial charge >= 0.3 is 5.97 Å². The summed E-state index contributed by atoms with van der Waals surface area (Å²) in [5.41, 5.74) is 2.63. The van der Waals surface area contributed by atoms with Gasteiger partial charge in [-0.15, -0.1) is 0 Å². The summed E-state index contributed by atoms with van der Waals surface area (Å²) in [6, 6.07) is 9.37. The zero-order chi connectivity index (χ0) is 15.6. The number of benzene rings is 2. The van der Waals surface area contributed by atoms with E-state index in [1.54, 1.807) is 18.2 Å². The molecule has 0 spiro atoms. The molecule has 2 aromatic carbocycles. The van der Waals surface area contributed by atoms with Crippen molar-refractivity contribution in [1.29, 1.82) is 0 Å². The fourth-order valence-electron chi connectivity index (χ4n) is 2.06. The Labute approximate surface area is 127 Å². The SMILES string of the molecule is Cc1cc(C(=O)O)ccc1NC(C)c1ccc(Cl)c(F)c1. The molecule has 2 rings (SSSR count). The lowest BCUT2D eigenvalue weighted by molar-refractivity contribution is 0.0697. The van der Waals surface area contributed by atoms with E-state index in [-0.39, 0.29) is 16.6 Å². The van der Waals surface area contributed by atoms with Crippen molar-refractivity contribution in [2.75, 3.05) is 5.32 Å². The molecule has 0 aromatic heterocycles. The molecule has 21 heavy (non-hydrogen) atoms. The number of rotatable bonds is 4. The maximum atomic E-state index is 13.5. The van der Waals surface area contributed by atoms with E-state index >= 15 is 0 Å². The Bertz CT molecular complexity index is 688. The van der Waals surface area contributed by atoms with Gasteiger partial charge in [-0.25, -0.2) is 9.18 Å². The molecule has 0 bridgehead atoms. The van der Waals surface area contributed by atoms with Gasteiger partial charge in [0.15, 0.2) is 0 Å². The highest BCUT2D eigenvalue weighted by atomic mass is 35.5. The van der Waals surface area contributed by atoms with Crippen molar-refractivity contribution in [3.8, 4) is 0 Å². The lowest BCUT2D eigenvalue weighted by atomic mass is 10.1. The summed E-state index contributed by atoms with van der Waals surface area (Å²) < 4.78 is 13.5. The maximum Gasteiger partial charge on any atom is 0.335 e. The van der Waals surface area contributed by atoms with Crippen LogP contribution in [0.2, 0.25) is 5.02 Å². The van der Waals surface area contributed by atoms with Crippen LogP contribution in [0, 0.1) is 12.7 Å². The smallest absolute Gasteiger partial charge is 0.335 e. The molecule has 1 atom stereocenters. The van der Waals surface area contributed by atoms with Crippen LogP contribution in [0.3, 0.4) is 0 Å². The topological polar surface area (TPSA) is 49.3 Å². The average Bonchev–Trinajstić information content (AvgIpc) is 2.43. The van der Waals surface area contributed by atoms with Gasteiger partial charge in [-0.2, -0.15) is 0 Å². The number of anilines is 1. The third kappa shape index (κ3) is 3.52. The largest absolute Gasteiger partial charge is 0.478 e. The van der Waals surface area contributed by atoms with Crippen LogP contribution >= 0.6 is 11.6 Å². The Balaban J connectivity index is 2.21. The number of carboxylic acids is 1. The third-order valence-electron chi connectivity index (χ3n) is 3.29. The van der Waals surface area contributed by atoms with Crippen molar-refractivity contribution in [1.82, 2.24) is 0 Å².